The molecular formula is C17H25N5O. The number of benzene rings is 1. The minimum absolute atomic E-state index is 0.602. The van der Waals surface area contributed by atoms with Gasteiger partial charge in [0.1, 0.15) is 0 Å². The number of guanidine groups is 1. The Balaban J connectivity index is 2.02. The lowest BCUT2D eigenvalue weighted by atomic mass is 10.1. The van der Waals surface area contributed by atoms with Gasteiger partial charge in [-0.05, 0) is 24.1 Å². The van der Waals surface area contributed by atoms with Gasteiger partial charge in [0.05, 0.1) is 25.4 Å². The van der Waals surface area contributed by atoms with E-state index in [1.807, 2.05) is 29.9 Å². The summed E-state index contributed by atoms with van der Waals surface area (Å²) in [6.45, 7) is 4.77. The van der Waals surface area contributed by atoms with E-state index in [-0.39, 0.29) is 0 Å². The average molecular weight is 315 g/mol. The number of hydrogen-bond acceptors (Lipinski definition) is 3. The maximum absolute atomic E-state index is 5.24. The van der Waals surface area contributed by atoms with Crippen molar-refractivity contribution >= 4 is 5.96 Å². The monoisotopic (exact) mass is 315 g/mol. The van der Waals surface area contributed by atoms with Crippen molar-refractivity contribution in [1.82, 2.24) is 20.4 Å². The fraction of sp³-hybridized carbons (Fsp3) is 0.412. The minimum atomic E-state index is 0.602. The summed E-state index contributed by atoms with van der Waals surface area (Å²) in [5.74, 6) is 0.793. The van der Waals surface area contributed by atoms with Gasteiger partial charge in [-0.15, -0.1) is 0 Å². The van der Waals surface area contributed by atoms with Crippen molar-refractivity contribution in [1.29, 1.82) is 0 Å². The van der Waals surface area contributed by atoms with Crippen molar-refractivity contribution in [3.05, 3.63) is 53.3 Å². The molecule has 2 N–H and O–H groups in total. The van der Waals surface area contributed by atoms with Crippen LogP contribution in [0.5, 0.6) is 0 Å². The molecule has 6 nitrogen and oxygen atoms in total. The molecule has 0 atom stereocenters. The molecule has 0 saturated carbocycles. The average Bonchev–Trinajstić information content (AvgIpc) is 2.97. The van der Waals surface area contributed by atoms with Crippen molar-refractivity contribution in [3.8, 4) is 0 Å². The van der Waals surface area contributed by atoms with Gasteiger partial charge in [-0.2, -0.15) is 5.10 Å². The van der Waals surface area contributed by atoms with Crippen LogP contribution in [0.15, 0.2) is 41.5 Å². The van der Waals surface area contributed by atoms with Gasteiger partial charge in [0.25, 0.3) is 0 Å². The van der Waals surface area contributed by atoms with Gasteiger partial charge in [0, 0.05) is 26.9 Å². The highest BCUT2D eigenvalue weighted by Gasteiger charge is 2.03. The largest absolute Gasteiger partial charge is 0.380 e. The highest BCUT2D eigenvalue weighted by Crippen LogP contribution is 2.11. The normalized spacial score (nSPS) is 11.5. The van der Waals surface area contributed by atoms with Crippen LogP contribution >= 0.6 is 0 Å². The van der Waals surface area contributed by atoms with E-state index in [1.165, 1.54) is 11.1 Å². The zero-order chi connectivity index (χ0) is 16.5. The van der Waals surface area contributed by atoms with Crippen molar-refractivity contribution in [2.24, 2.45) is 12.0 Å². The first-order valence-corrected chi connectivity index (χ1v) is 7.79. The molecule has 1 heterocycles. The van der Waals surface area contributed by atoms with E-state index in [0.717, 1.165) is 18.2 Å². The van der Waals surface area contributed by atoms with Gasteiger partial charge in [-0.1, -0.05) is 24.3 Å². The van der Waals surface area contributed by atoms with Gasteiger partial charge in [0.2, 0.25) is 0 Å². The fourth-order valence-corrected chi connectivity index (χ4v) is 2.26. The van der Waals surface area contributed by atoms with Gasteiger partial charge in [-0.3, -0.25) is 4.68 Å². The van der Waals surface area contributed by atoms with Crippen LogP contribution in [0.1, 0.15) is 23.7 Å². The second kappa shape index (κ2) is 8.95. The van der Waals surface area contributed by atoms with Gasteiger partial charge < -0.3 is 15.4 Å². The molecule has 6 heteroatoms. The number of aromatic nitrogens is 2. The van der Waals surface area contributed by atoms with E-state index in [1.54, 1.807) is 13.3 Å². The van der Waals surface area contributed by atoms with Crippen LogP contribution in [0.4, 0.5) is 0 Å². The third kappa shape index (κ3) is 5.10. The van der Waals surface area contributed by atoms with E-state index in [0.29, 0.717) is 19.7 Å². The second-order valence-electron chi connectivity index (χ2n) is 5.20. The molecule has 0 aliphatic rings. The number of nitrogens with zero attached hydrogens (tertiary/aromatic N) is 3. The van der Waals surface area contributed by atoms with E-state index in [9.17, 15) is 0 Å². The van der Waals surface area contributed by atoms with Crippen LogP contribution in [0.3, 0.4) is 0 Å². The summed E-state index contributed by atoms with van der Waals surface area (Å²) >= 11 is 0. The molecule has 0 fully saturated rings. The number of aryl methyl sites for hydroxylation is 1. The Kier molecular flexibility index (Phi) is 6.62. The third-order valence-electron chi connectivity index (χ3n) is 3.53. The molecule has 0 amide bonds. The predicted octanol–water partition coefficient (Wildman–Crippen LogP) is 1.82. The summed E-state index contributed by atoms with van der Waals surface area (Å²) in [6, 6.07) is 10.2. The van der Waals surface area contributed by atoms with E-state index in [2.05, 4.69) is 39.8 Å². The molecule has 0 spiro atoms. The first-order valence-electron chi connectivity index (χ1n) is 7.79. The van der Waals surface area contributed by atoms with E-state index >= 15 is 0 Å². The second-order valence-corrected chi connectivity index (χ2v) is 5.20. The Morgan fingerprint density at radius 3 is 2.65 bits per heavy atom. The Morgan fingerprint density at radius 1 is 1.22 bits per heavy atom. The third-order valence-corrected chi connectivity index (χ3v) is 3.53. The highest BCUT2D eigenvalue weighted by atomic mass is 16.5. The number of aliphatic imine (C=N–C) groups is 1. The topological polar surface area (TPSA) is 63.5 Å². The molecule has 124 valence electrons. The number of hydrogen-bond donors (Lipinski definition) is 2. The SMILES string of the molecule is CCNC(=NCc1ccccc1COC)NCc1ccnn1C. The molecule has 0 saturated heterocycles. The molecule has 2 aromatic rings. The van der Waals surface area contributed by atoms with Gasteiger partial charge in [-0.25, -0.2) is 4.99 Å². The van der Waals surface area contributed by atoms with Crippen molar-refractivity contribution in [2.45, 2.75) is 26.6 Å². The van der Waals surface area contributed by atoms with Crippen molar-refractivity contribution in [3.63, 3.8) is 0 Å². The van der Waals surface area contributed by atoms with Crippen LogP contribution in [0.25, 0.3) is 0 Å². The lowest BCUT2D eigenvalue weighted by Crippen LogP contribution is -2.37. The van der Waals surface area contributed by atoms with Crippen molar-refractivity contribution < 1.29 is 4.74 Å². The standard InChI is InChI=1S/C17H25N5O/c1-4-18-17(20-12-16-9-10-21-22(16)2)19-11-14-7-5-6-8-15(14)13-23-3/h5-10H,4,11-13H2,1-3H3,(H2,18,19,20). The molecule has 1 aromatic carbocycles. The molecule has 1 aromatic heterocycles. The van der Waals surface area contributed by atoms with E-state index in [4.69, 9.17) is 4.74 Å². The molecular weight excluding hydrogens is 290 g/mol. The van der Waals surface area contributed by atoms with Crippen molar-refractivity contribution in [2.75, 3.05) is 13.7 Å². The zero-order valence-electron chi connectivity index (χ0n) is 14.0. The Morgan fingerprint density at radius 2 is 2.00 bits per heavy atom. The maximum Gasteiger partial charge on any atom is 0.191 e. The summed E-state index contributed by atoms with van der Waals surface area (Å²) in [5.41, 5.74) is 3.45. The molecule has 0 aliphatic carbocycles. The first kappa shape index (κ1) is 17.0. The maximum atomic E-state index is 5.24. The summed E-state index contributed by atoms with van der Waals surface area (Å²) in [4.78, 5) is 4.66. The summed E-state index contributed by atoms with van der Waals surface area (Å²) < 4.78 is 7.09. The van der Waals surface area contributed by atoms with Crippen LogP contribution < -0.4 is 10.6 Å². The quantitative estimate of drug-likeness (QED) is 0.604. The fourth-order valence-electron chi connectivity index (χ4n) is 2.26. The van der Waals surface area contributed by atoms with Gasteiger partial charge in [0.15, 0.2) is 5.96 Å². The van der Waals surface area contributed by atoms with Crippen LogP contribution in [-0.4, -0.2) is 29.4 Å². The number of nitrogens with one attached hydrogen (secondary N) is 2. The van der Waals surface area contributed by atoms with Gasteiger partial charge >= 0.3 is 0 Å². The highest BCUT2D eigenvalue weighted by molar-refractivity contribution is 5.79. The molecule has 23 heavy (non-hydrogen) atoms. The molecule has 2 rings (SSSR count). The van der Waals surface area contributed by atoms with Crippen LogP contribution in [0, 0.1) is 0 Å². The Bertz CT molecular complexity index is 635. The van der Waals surface area contributed by atoms with Crippen LogP contribution in [0.2, 0.25) is 0 Å². The van der Waals surface area contributed by atoms with E-state index < -0.39 is 0 Å². The lowest BCUT2D eigenvalue weighted by molar-refractivity contribution is 0.184. The zero-order valence-corrected chi connectivity index (χ0v) is 14.0. The molecule has 0 unspecified atom stereocenters. The predicted molar refractivity (Wildman–Crippen MR) is 92.0 cm³/mol. The molecule has 0 radical (unpaired) electrons. The first-order chi connectivity index (χ1) is 11.2. The number of methoxy groups -OCH3 is 1. The summed E-state index contributed by atoms with van der Waals surface area (Å²) in [6.07, 6.45) is 1.79. The lowest BCUT2D eigenvalue weighted by Gasteiger charge is -2.12. The van der Waals surface area contributed by atoms with Crippen LogP contribution in [-0.2, 0) is 31.5 Å². The summed E-state index contributed by atoms with van der Waals surface area (Å²) in [5, 5.41) is 10.8. The number of ether oxygens (including phenoxy) is 1. The Hall–Kier alpha value is -2.34. The number of rotatable bonds is 7. The minimum Gasteiger partial charge on any atom is -0.380 e. The smallest absolute Gasteiger partial charge is 0.191 e. The Labute approximate surface area is 137 Å². The summed E-state index contributed by atoms with van der Waals surface area (Å²) in [7, 11) is 3.64. The molecule has 0 aliphatic heterocycles. The molecule has 0 bridgehead atoms.